The van der Waals surface area contributed by atoms with Crippen LogP contribution in [0.15, 0.2) is 17.1 Å². The van der Waals surface area contributed by atoms with Crippen LogP contribution in [0.1, 0.15) is 18.1 Å². The van der Waals surface area contributed by atoms with Crippen molar-refractivity contribution in [2.45, 2.75) is 19.9 Å². The summed E-state index contributed by atoms with van der Waals surface area (Å²) in [5.41, 5.74) is 2.63. The molecule has 0 atom stereocenters. The highest BCUT2D eigenvalue weighted by Crippen LogP contribution is 2.33. The summed E-state index contributed by atoms with van der Waals surface area (Å²) in [5, 5.41) is 6.30. The Morgan fingerprint density at radius 1 is 1.23 bits per heavy atom. The van der Waals surface area contributed by atoms with Gasteiger partial charge in [-0.15, -0.1) is 30.4 Å². The molecule has 0 amide bonds. The molecule has 0 saturated carbocycles. The molecule has 1 aliphatic rings. The number of halogens is 1. The fourth-order valence-corrected chi connectivity index (χ4v) is 2.91. The summed E-state index contributed by atoms with van der Waals surface area (Å²) in [5.74, 6) is 4.92. The van der Waals surface area contributed by atoms with E-state index in [-0.39, 0.29) is 24.0 Å². The average Bonchev–Trinajstić information content (AvgIpc) is 2.64. The Balaban J connectivity index is 0.00000338. The number of nitrogens with one attached hydrogen (secondary N) is 2. The Kier molecular flexibility index (Phi) is 10.2. The third-order valence-electron chi connectivity index (χ3n) is 4.19. The van der Waals surface area contributed by atoms with E-state index in [2.05, 4.69) is 38.6 Å². The maximum Gasteiger partial charge on any atom is 0.192 e. The van der Waals surface area contributed by atoms with Crippen LogP contribution in [0.2, 0.25) is 0 Å². The van der Waals surface area contributed by atoms with Crippen molar-refractivity contribution in [3.05, 3.63) is 23.3 Å². The Morgan fingerprint density at radius 3 is 2.54 bits per heavy atom. The molecule has 0 saturated heterocycles. The van der Waals surface area contributed by atoms with Gasteiger partial charge in [0.1, 0.15) is 0 Å². The van der Waals surface area contributed by atoms with Crippen LogP contribution in [0.5, 0.6) is 11.5 Å². The molecule has 144 valence electrons. The van der Waals surface area contributed by atoms with E-state index in [1.807, 2.05) is 6.92 Å². The summed E-state index contributed by atoms with van der Waals surface area (Å²) >= 11 is 0. The minimum Gasteiger partial charge on any atom is -0.493 e. The molecule has 0 spiro atoms. The summed E-state index contributed by atoms with van der Waals surface area (Å²) in [6.45, 7) is 6.88. The lowest BCUT2D eigenvalue weighted by molar-refractivity contribution is 0.260. The maximum atomic E-state index is 5.42. The highest BCUT2D eigenvalue weighted by atomic mass is 127. The van der Waals surface area contributed by atoms with Crippen molar-refractivity contribution in [2.24, 2.45) is 4.99 Å². The van der Waals surface area contributed by atoms with Crippen molar-refractivity contribution in [1.29, 1.82) is 0 Å². The van der Waals surface area contributed by atoms with Crippen LogP contribution in [-0.2, 0) is 13.0 Å². The fraction of sp³-hybridized carbons (Fsp3) is 0.526. The second-order valence-corrected chi connectivity index (χ2v) is 5.82. The van der Waals surface area contributed by atoms with Crippen molar-refractivity contribution in [2.75, 3.05) is 46.9 Å². The number of nitrogens with zero attached hydrogens (tertiary/aromatic N) is 2. The van der Waals surface area contributed by atoms with E-state index in [0.29, 0.717) is 6.54 Å². The van der Waals surface area contributed by atoms with Gasteiger partial charge in [-0.1, -0.05) is 5.92 Å². The second kappa shape index (κ2) is 11.9. The van der Waals surface area contributed by atoms with Gasteiger partial charge >= 0.3 is 0 Å². The van der Waals surface area contributed by atoms with Gasteiger partial charge in [0.15, 0.2) is 17.5 Å². The Labute approximate surface area is 173 Å². The smallest absolute Gasteiger partial charge is 0.192 e. The predicted molar refractivity (Wildman–Crippen MR) is 117 cm³/mol. The number of terminal acetylenes is 1. The van der Waals surface area contributed by atoms with Gasteiger partial charge in [-0.3, -0.25) is 9.89 Å². The Bertz CT molecular complexity index is 643. The maximum absolute atomic E-state index is 5.42. The molecule has 1 aromatic rings. The van der Waals surface area contributed by atoms with Crippen LogP contribution < -0.4 is 20.1 Å². The first-order valence-electron chi connectivity index (χ1n) is 8.63. The summed E-state index contributed by atoms with van der Waals surface area (Å²) in [4.78, 5) is 6.98. The normalized spacial score (nSPS) is 13.8. The lowest BCUT2D eigenvalue weighted by Gasteiger charge is -2.29. The molecule has 0 radical (unpaired) electrons. The van der Waals surface area contributed by atoms with E-state index < -0.39 is 0 Å². The minimum absolute atomic E-state index is 0. The monoisotopic (exact) mass is 472 g/mol. The van der Waals surface area contributed by atoms with E-state index in [0.717, 1.165) is 56.6 Å². The molecule has 6 nitrogen and oxygen atoms in total. The lowest BCUT2D eigenvalue weighted by Crippen LogP contribution is -2.38. The number of methoxy groups -OCH3 is 2. The molecular formula is C19H29IN4O2. The van der Waals surface area contributed by atoms with Crippen molar-refractivity contribution in [3.63, 3.8) is 0 Å². The minimum atomic E-state index is 0. The molecule has 0 aromatic heterocycles. The standard InChI is InChI=1S/C19H28N4O2.HI/c1-5-8-21-19(20-6-2)22-9-11-23-10-7-15-12-17(24-3)18(25-4)13-16(15)14-23;/h1,12-13H,6-11,14H2,2-4H3,(H2,20,21,22);1H. The Hall–Kier alpha value is -1.66. The number of aliphatic imine (C=N–C) groups is 1. The molecule has 1 aliphatic heterocycles. The number of hydrogen-bond acceptors (Lipinski definition) is 4. The summed E-state index contributed by atoms with van der Waals surface area (Å²) in [6, 6.07) is 4.18. The second-order valence-electron chi connectivity index (χ2n) is 5.82. The molecule has 1 heterocycles. The van der Waals surface area contributed by atoms with Gasteiger partial charge in [-0.05, 0) is 36.6 Å². The number of benzene rings is 1. The van der Waals surface area contributed by atoms with Gasteiger partial charge in [0.25, 0.3) is 0 Å². The van der Waals surface area contributed by atoms with Gasteiger partial charge in [-0.25, -0.2) is 0 Å². The molecule has 1 aromatic carbocycles. The summed E-state index contributed by atoms with van der Waals surface area (Å²) in [7, 11) is 3.35. The molecule has 2 N–H and O–H groups in total. The fourth-order valence-electron chi connectivity index (χ4n) is 2.91. The van der Waals surface area contributed by atoms with Crippen LogP contribution >= 0.6 is 24.0 Å². The zero-order chi connectivity index (χ0) is 18.1. The van der Waals surface area contributed by atoms with Crippen LogP contribution in [0, 0.1) is 12.3 Å². The quantitative estimate of drug-likeness (QED) is 0.275. The molecular weight excluding hydrogens is 443 g/mol. The van der Waals surface area contributed by atoms with Crippen molar-refractivity contribution in [1.82, 2.24) is 15.5 Å². The lowest BCUT2D eigenvalue weighted by atomic mass is 9.99. The van der Waals surface area contributed by atoms with Gasteiger partial charge in [0.2, 0.25) is 0 Å². The number of fused-ring (bicyclic) bond motifs is 1. The highest BCUT2D eigenvalue weighted by Gasteiger charge is 2.19. The molecule has 0 aliphatic carbocycles. The first-order valence-corrected chi connectivity index (χ1v) is 8.63. The molecule has 0 fully saturated rings. The van der Waals surface area contributed by atoms with Gasteiger partial charge < -0.3 is 20.1 Å². The molecule has 0 bridgehead atoms. The average molecular weight is 472 g/mol. The number of rotatable bonds is 7. The van der Waals surface area contributed by atoms with Gasteiger partial charge in [-0.2, -0.15) is 0 Å². The number of hydrogen-bond donors (Lipinski definition) is 2. The number of guanidine groups is 1. The van der Waals surface area contributed by atoms with Crippen LogP contribution in [0.3, 0.4) is 0 Å². The van der Waals surface area contributed by atoms with E-state index >= 15 is 0 Å². The van der Waals surface area contributed by atoms with E-state index in [9.17, 15) is 0 Å². The Morgan fingerprint density at radius 2 is 1.92 bits per heavy atom. The highest BCUT2D eigenvalue weighted by molar-refractivity contribution is 14.0. The van der Waals surface area contributed by atoms with Crippen molar-refractivity contribution >= 4 is 29.9 Å². The van der Waals surface area contributed by atoms with Crippen LogP contribution in [0.4, 0.5) is 0 Å². The third kappa shape index (κ3) is 6.25. The zero-order valence-corrected chi connectivity index (χ0v) is 18.1. The summed E-state index contributed by atoms with van der Waals surface area (Å²) in [6.07, 6.45) is 6.29. The zero-order valence-electron chi connectivity index (χ0n) is 15.8. The van der Waals surface area contributed by atoms with E-state index in [1.54, 1.807) is 14.2 Å². The van der Waals surface area contributed by atoms with E-state index in [4.69, 9.17) is 15.9 Å². The summed E-state index contributed by atoms with van der Waals surface area (Å²) < 4.78 is 10.8. The predicted octanol–water partition coefficient (Wildman–Crippen LogP) is 1.87. The van der Waals surface area contributed by atoms with Gasteiger partial charge in [0, 0.05) is 26.2 Å². The molecule has 7 heteroatoms. The SMILES string of the molecule is C#CCNC(=NCCN1CCc2cc(OC)c(OC)cc2C1)NCC.I. The first-order chi connectivity index (χ1) is 12.2. The number of ether oxygens (including phenoxy) is 2. The topological polar surface area (TPSA) is 58.1 Å². The molecule has 0 unspecified atom stereocenters. The molecule has 26 heavy (non-hydrogen) atoms. The largest absolute Gasteiger partial charge is 0.493 e. The molecule has 2 rings (SSSR count). The van der Waals surface area contributed by atoms with E-state index in [1.165, 1.54) is 11.1 Å². The van der Waals surface area contributed by atoms with Crippen molar-refractivity contribution < 1.29 is 9.47 Å². The third-order valence-corrected chi connectivity index (χ3v) is 4.19. The van der Waals surface area contributed by atoms with Gasteiger partial charge in [0.05, 0.1) is 27.3 Å². The van der Waals surface area contributed by atoms with Crippen molar-refractivity contribution in [3.8, 4) is 23.8 Å². The van der Waals surface area contributed by atoms with Crippen LogP contribution in [-0.4, -0.2) is 57.8 Å². The first kappa shape index (κ1) is 22.4. The van der Waals surface area contributed by atoms with Crippen LogP contribution in [0.25, 0.3) is 0 Å².